The lowest BCUT2D eigenvalue weighted by atomic mass is 10.3. The van der Waals surface area contributed by atoms with E-state index in [-0.39, 0.29) is 6.04 Å². The second-order valence-corrected chi connectivity index (χ2v) is 4.94. The van der Waals surface area contributed by atoms with Gasteiger partial charge in [0.2, 0.25) is 11.7 Å². The molecule has 3 heterocycles. The Morgan fingerprint density at radius 1 is 1.21 bits per heavy atom. The third-order valence-corrected chi connectivity index (χ3v) is 3.51. The highest BCUT2D eigenvalue weighted by Crippen LogP contribution is 2.24. The van der Waals surface area contributed by atoms with Gasteiger partial charge in [0.1, 0.15) is 5.69 Å². The van der Waals surface area contributed by atoms with Crippen LogP contribution >= 0.6 is 0 Å². The molecule has 0 saturated carbocycles. The molecule has 0 radical (unpaired) electrons. The third-order valence-electron chi connectivity index (χ3n) is 3.51. The van der Waals surface area contributed by atoms with Gasteiger partial charge in [0, 0.05) is 0 Å². The van der Waals surface area contributed by atoms with Crippen LogP contribution in [-0.2, 0) is 0 Å². The number of hydrogen-bond donors (Lipinski definition) is 0. The van der Waals surface area contributed by atoms with Crippen LogP contribution in [0.5, 0.6) is 0 Å². The highest BCUT2D eigenvalue weighted by Gasteiger charge is 2.24. The Balaban J connectivity index is 1.80. The zero-order valence-corrected chi connectivity index (χ0v) is 11.2. The molecule has 0 amide bonds. The van der Waals surface area contributed by atoms with E-state index in [2.05, 4.69) is 32.2 Å². The molecule has 0 N–H and O–H groups in total. The number of aromatic nitrogens is 4. The molecule has 6 heteroatoms. The molecule has 1 aliphatic rings. The second-order valence-electron chi connectivity index (χ2n) is 4.94. The van der Waals surface area contributed by atoms with Crippen LogP contribution < -0.4 is 0 Å². The van der Waals surface area contributed by atoms with Gasteiger partial charge in [-0.1, -0.05) is 5.16 Å². The lowest BCUT2D eigenvalue weighted by Crippen LogP contribution is -2.23. The van der Waals surface area contributed by atoms with Crippen LogP contribution in [-0.4, -0.2) is 38.3 Å². The minimum atomic E-state index is 0.169. The average Bonchev–Trinajstić information content (AvgIpc) is 3.10. The van der Waals surface area contributed by atoms with E-state index in [9.17, 15) is 0 Å². The van der Waals surface area contributed by atoms with Crippen molar-refractivity contribution >= 4 is 0 Å². The van der Waals surface area contributed by atoms with Crippen LogP contribution in [0.15, 0.2) is 16.7 Å². The smallest absolute Gasteiger partial charge is 0.244 e. The topological polar surface area (TPSA) is 67.9 Å². The molecule has 1 fully saturated rings. The van der Waals surface area contributed by atoms with Crippen molar-refractivity contribution in [2.45, 2.75) is 32.7 Å². The molecule has 0 spiro atoms. The van der Waals surface area contributed by atoms with Crippen molar-refractivity contribution in [1.29, 1.82) is 0 Å². The fourth-order valence-electron chi connectivity index (χ4n) is 2.31. The largest absolute Gasteiger partial charge is 0.337 e. The predicted octanol–water partition coefficient (Wildman–Crippen LogP) is 1.99. The summed E-state index contributed by atoms with van der Waals surface area (Å²) in [5.41, 5.74) is 1.52. The quantitative estimate of drug-likeness (QED) is 0.839. The molecule has 1 saturated heterocycles. The Hall–Kier alpha value is -1.82. The minimum Gasteiger partial charge on any atom is -0.337 e. The maximum atomic E-state index is 5.35. The summed E-state index contributed by atoms with van der Waals surface area (Å²) < 4.78 is 5.35. The summed E-state index contributed by atoms with van der Waals surface area (Å²) in [5.74, 6) is 1.16. The van der Waals surface area contributed by atoms with Gasteiger partial charge in [-0.15, -0.1) is 5.10 Å². The van der Waals surface area contributed by atoms with Crippen LogP contribution in [0.3, 0.4) is 0 Å². The van der Waals surface area contributed by atoms with Gasteiger partial charge in [-0.3, -0.25) is 4.90 Å². The first-order valence-corrected chi connectivity index (χ1v) is 6.62. The Bertz CT molecular complexity index is 544. The van der Waals surface area contributed by atoms with Gasteiger partial charge in [-0.2, -0.15) is 10.1 Å². The molecular formula is C13H17N5O. The first-order chi connectivity index (χ1) is 9.24. The van der Waals surface area contributed by atoms with E-state index in [0.29, 0.717) is 17.4 Å². The standard InChI is InChI=1S/C13H17N5O/c1-9-5-6-11(16-15-9)12-14-13(19-17-12)10(2)18-7-3-4-8-18/h5-6,10H,3-4,7-8H2,1-2H3. The van der Waals surface area contributed by atoms with E-state index in [1.165, 1.54) is 12.8 Å². The summed E-state index contributed by atoms with van der Waals surface area (Å²) in [6.07, 6.45) is 2.49. The Morgan fingerprint density at radius 3 is 2.68 bits per heavy atom. The summed E-state index contributed by atoms with van der Waals surface area (Å²) in [7, 11) is 0. The van der Waals surface area contributed by atoms with E-state index in [4.69, 9.17) is 4.52 Å². The fourth-order valence-corrected chi connectivity index (χ4v) is 2.31. The van der Waals surface area contributed by atoms with Crippen molar-refractivity contribution in [3.05, 3.63) is 23.7 Å². The van der Waals surface area contributed by atoms with Crippen LogP contribution in [0.2, 0.25) is 0 Å². The summed E-state index contributed by atoms with van der Waals surface area (Å²) in [6.45, 7) is 6.20. The minimum absolute atomic E-state index is 0.169. The summed E-state index contributed by atoms with van der Waals surface area (Å²) in [6, 6.07) is 3.92. The van der Waals surface area contributed by atoms with Crippen molar-refractivity contribution in [3.63, 3.8) is 0 Å². The molecule has 19 heavy (non-hydrogen) atoms. The molecule has 2 aromatic rings. The first-order valence-electron chi connectivity index (χ1n) is 6.62. The number of likely N-dealkylation sites (tertiary alicyclic amines) is 1. The molecule has 6 nitrogen and oxygen atoms in total. The fraction of sp³-hybridized carbons (Fsp3) is 0.538. The molecule has 100 valence electrons. The molecule has 3 rings (SSSR count). The maximum Gasteiger partial charge on any atom is 0.244 e. The van der Waals surface area contributed by atoms with Crippen LogP contribution in [0.1, 0.15) is 37.4 Å². The predicted molar refractivity (Wildman–Crippen MR) is 69.3 cm³/mol. The normalized spacial score (nSPS) is 17.8. The summed E-state index contributed by atoms with van der Waals surface area (Å²) >= 11 is 0. The van der Waals surface area contributed by atoms with Crippen LogP contribution in [0, 0.1) is 6.92 Å². The van der Waals surface area contributed by atoms with Gasteiger partial charge in [0.15, 0.2) is 0 Å². The number of rotatable bonds is 3. The van der Waals surface area contributed by atoms with E-state index in [1.54, 1.807) is 0 Å². The second kappa shape index (κ2) is 5.05. The summed E-state index contributed by atoms with van der Waals surface area (Å²) in [5, 5.41) is 12.1. The van der Waals surface area contributed by atoms with E-state index in [0.717, 1.165) is 18.8 Å². The van der Waals surface area contributed by atoms with Crippen molar-refractivity contribution in [2.75, 3.05) is 13.1 Å². The number of nitrogens with zero attached hydrogens (tertiary/aromatic N) is 5. The molecule has 2 aromatic heterocycles. The van der Waals surface area contributed by atoms with Crippen LogP contribution in [0.25, 0.3) is 11.5 Å². The van der Waals surface area contributed by atoms with Crippen molar-refractivity contribution in [3.8, 4) is 11.5 Å². The zero-order valence-electron chi connectivity index (χ0n) is 11.2. The molecular weight excluding hydrogens is 242 g/mol. The molecule has 0 bridgehead atoms. The van der Waals surface area contributed by atoms with E-state index >= 15 is 0 Å². The monoisotopic (exact) mass is 259 g/mol. The van der Waals surface area contributed by atoms with Gasteiger partial charge in [0.05, 0.1) is 11.7 Å². The van der Waals surface area contributed by atoms with Crippen molar-refractivity contribution in [2.24, 2.45) is 0 Å². The molecule has 0 aliphatic carbocycles. The van der Waals surface area contributed by atoms with Gasteiger partial charge in [-0.25, -0.2) is 0 Å². The maximum absolute atomic E-state index is 5.35. The number of hydrogen-bond acceptors (Lipinski definition) is 6. The van der Waals surface area contributed by atoms with Gasteiger partial charge >= 0.3 is 0 Å². The average molecular weight is 259 g/mol. The Labute approximate surface area is 111 Å². The molecule has 1 atom stereocenters. The molecule has 0 aromatic carbocycles. The zero-order chi connectivity index (χ0) is 13.2. The van der Waals surface area contributed by atoms with Gasteiger partial charge in [-0.05, 0) is 51.9 Å². The molecule has 1 aliphatic heterocycles. The third kappa shape index (κ3) is 2.49. The highest BCUT2D eigenvalue weighted by atomic mass is 16.5. The lowest BCUT2D eigenvalue weighted by Gasteiger charge is -2.19. The lowest BCUT2D eigenvalue weighted by molar-refractivity contribution is 0.209. The van der Waals surface area contributed by atoms with Crippen molar-refractivity contribution < 1.29 is 4.52 Å². The number of aryl methyl sites for hydroxylation is 1. The summed E-state index contributed by atoms with van der Waals surface area (Å²) in [4.78, 5) is 6.79. The SMILES string of the molecule is Cc1ccc(-c2noc(C(C)N3CCCC3)n2)nn1. The molecule has 1 unspecified atom stereocenters. The van der Waals surface area contributed by atoms with Gasteiger partial charge < -0.3 is 4.52 Å². The van der Waals surface area contributed by atoms with Gasteiger partial charge in [0.25, 0.3) is 0 Å². The van der Waals surface area contributed by atoms with Crippen molar-refractivity contribution in [1.82, 2.24) is 25.2 Å². The van der Waals surface area contributed by atoms with E-state index < -0.39 is 0 Å². The Morgan fingerprint density at radius 2 is 2.00 bits per heavy atom. The Kier molecular flexibility index (Phi) is 3.25. The van der Waals surface area contributed by atoms with E-state index in [1.807, 2.05) is 19.1 Å². The first kappa shape index (κ1) is 12.2. The van der Waals surface area contributed by atoms with Crippen LogP contribution in [0.4, 0.5) is 0 Å². The highest BCUT2D eigenvalue weighted by molar-refractivity contribution is 5.46.